The van der Waals surface area contributed by atoms with E-state index in [1.165, 1.54) is 11.3 Å². The fourth-order valence-electron chi connectivity index (χ4n) is 3.28. The monoisotopic (exact) mass is 486 g/mol. The molecule has 3 amide bonds. The highest BCUT2D eigenvalue weighted by Gasteiger charge is 2.28. The van der Waals surface area contributed by atoms with Crippen LogP contribution in [0.4, 0.5) is 15.5 Å². The van der Waals surface area contributed by atoms with Crippen LogP contribution in [0.15, 0.2) is 24.3 Å². The molecule has 3 rings (SSSR count). The van der Waals surface area contributed by atoms with Gasteiger partial charge in [0.1, 0.15) is 5.00 Å². The van der Waals surface area contributed by atoms with Gasteiger partial charge in [0.15, 0.2) is 0 Å². The number of carbonyl (C=O) groups excluding carboxylic acids is 3. The molecule has 0 atom stereocenters. The van der Waals surface area contributed by atoms with Crippen LogP contribution in [0.1, 0.15) is 34.1 Å². The lowest BCUT2D eigenvalue weighted by atomic mass is 10.0. The van der Waals surface area contributed by atoms with Gasteiger partial charge in [-0.2, -0.15) is 0 Å². The molecule has 0 bridgehead atoms. The maximum atomic E-state index is 12.4. The standard InChI is InChI=1S/C20H23ClN4O4S.ClH/c1-2-29-16(26)8-10-25-9-7-14-15(11-25)30-19(17(14)18(22)27)24-20(28)23-13-5-3-12(21)4-6-13;/h3-6H,2,7-11H2,1H3,(H2,22,27)(H2,23,24,28);1H. The van der Waals surface area contributed by atoms with Crippen LogP contribution < -0.4 is 16.4 Å². The molecule has 1 aliphatic rings. The molecule has 4 N–H and O–H groups in total. The van der Waals surface area contributed by atoms with Crippen LogP contribution in [0, 0.1) is 0 Å². The minimum Gasteiger partial charge on any atom is -0.466 e. The third-order valence-electron chi connectivity index (χ3n) is 4.65. The molecule has 1 aromatic heterocycles. The predicted molar refractivity (Wildman–Crippen MR) is 124 cm³/mol. The zero-order valence-electron chi connectivity index (χ0n) is 16.9. The molecular formula is C20H24Cl2N4O4S. The number of hydrogen-bond acceptors (Lipinski definition) is 6. The fourth-order valence-corrected chi connectivity index (χ4v) is 4.69. The molecule has 1 aliphatic heterocycles. The molecule has 0 aliphatic carbocycles. The number of hydrogen-bond donors (Lipinski definition) is 3. The van der Waals surface area contributed by atoms with Gasteiger partial charge in [-0.1, -0.05) is 11.6 Å². The van der Waals surface area contributed by atoms with E-state index < -0.39 is 11.9 Å². The molecule has 1 aromatic carbocycles. The Bertz CT molecular complexity index is 949. The molecule has 0 saturated heterocycles. The van der Waals surface area contributed by atoms with Gasteiger partial charge in [-0.05, 0) is 43.2 Å². The second-order valence-corrected chi connectivity index (χ2v) is 8.28. The molecule has 2 heterocycles. The van der Waals surface area contributed by atoms with Crippen molar-refractivity contribution in [3.63, 3.8) is 0 Å². The molecule has 0 saturated carbocycles. The number of rotatable bonds is 7. The third-order valence-corrected chi connectivity index (χ3v) is 6.03. The van der Waals surface area contributed by atoms with Crippen LogP contribution in [-0.2, 0) is 22.5 Å². The van der Waals surface area contributed by atoms with Crippen molar-refractivity contribution >= 4 is 63.9 Å². The summed E-state index contributed by atoms with van der Waals surface area (Å²) in [5, 5.41) is 6.43. The number of nitrogens with one attached hydrogen (secondary N) is 2. The lowest BCUT2D eigenvalue weighted by molar-refractivity contribution is -0.143. The van der Waals surface area contributed by atoms with Crippen molar-refractivity contribution in [2.75, 3.05) is 30.3 Å². The van der Waals surface area contributed by atoms with Crippen LogP contribution in [0.3, 0.4) is 0 Å². The Morgan fingerprint density at radius 2 is 1.94 bits per heavy atom. The number of ether oxygens (including phenoxy) is 1. The van der Waals surface area contributed by atoms with Gasteiger partial charge in [0.25, 0.3) is 5.91 Å². The number of nitrogens with two attached hydrogens (primary N) is 1. The molecule has 168 valence electrons. The Morgan fingerprint density at radius 1 is 1.23 bits per heavy atom. The van der Waals surface area contributed by atoms with Crippen LogP contribution in [0.25, 0.3) is 0 Å². The molecule has 0 fully saturated rings. The highest BCUT2D eigenvalue weighted by Crippen LogP contribution is 2.37. The minimum atomic E-state index is -0.575. The van der Waals surface area contributed by atoms with Crippen molar-refractivity contribution in [1.82, 2.24) is 4.90 Å². The van der Waals surface area contributed by atoms with Crippen molar-refractivity contribution < 1.29 is 19.1 Å². The summed E-state index contributed by atoms with van der Waals surface area (Å²) < 4.78 is 4.97. The van der Waals surface area contributed by atoms with Crippen molar-refractivity contribution in [3.05, 3.63) is 45.3 Å². The average molecular weight is 487 g/mol. The van der Waals surface area contributed by atoms with Crippen molar-refractivity contribution in [1.29, 1.82) is 0 Å². The molecule has 8 nitrogen and oxygen atoms in total. The van der Waals surface area contributed by atoms with E-state index in [0.717, 1.165) is 10.4 Å². The van der Waals surface area contributed by atoms with Crippen molar-refractivity contribution in [3.8, 4) is 0 Å². The van der Waals surface area contributed by atoms with E-state index in [0.29, 0.717) is 60.4 Å². The molecule has 2 aromatic rings. The molecule has 0 spiro atoms. The van der Waals surface area contributed by atoms with E-state index in [9.17, 15) is 14.4 Å². The highest BCUT2D eigenvalue weighted by atomic mass is 35.5. The van der Waals surface area contributed by atoms with Crippen LogP contribution in [-0.4, -0.2) is 42.5 Å². The van der Waals surface area contributed by atoms with E-state index in [-0.39, 0.29) is 18.4 Å². The average Bonchev–Trinajstić information content (AvgIpc) is 3.05. The molecule has 11 heteroatoms. The number of primary amides is 1. The van der Waals surface area contributed by atoms with E-state index in [1.54, 1.807) is 31.2 Å². The summed E-state index contributed by atoms with van der Waals surface area (Å²) in [4.78, 5) is 39.1. The first-order chi connectivity index (χ1) is 14.4. The number of halogens is 2. The Labute approximate surface area is 195 Å². The van der Waals surface area contributed by atoms with Crippen molar-refractivity contribution in [2.24, 2.45) is 5.73 Å². The van der Waals surface area contributed by atoms with Crippen LogP contribution in [0.2, 0.25) is 5.02 Å². The van der Waals surface area contributed by atoms with Gasteiger partial charge in [-0.15, -0.1) is 23.7 Å². The maximum absolute atomic E-state index is 12.4. The Kier molecular flexibility index (Phi) is 9.12. The molecule has 0 unspecified atom stereocenters. The number of thiophene rings is 1. The van der Waals surface area contributed by atoms with Gasteiger partial charge in [0, 0.05) is 35.2 Å². The normalized spacial score (nSPS) is 13.0. The number of benzene rings is 1. The van der Waals surface area contributed by atoms with E-state index in [4.69, 9.17) is 22.1 Å². The first-order valence-electron chi connectivity index (χ1n) is 9.53. The number of urea groups is 1. The van der Waals surface area contributed by atoms with Crippen molar-refractivity contribution in [2.45, 2.75) is 26.3 Å². The Balaban J connectivity index is 0.00000341. The third kappa shape index (κ3) is 6.57. The minimum absolute atomic E-state index is 0. The number of nitrogens with zero attached hydrogens (tertiary/aromatic N) is 1. The number of esters is 1. The van der Waals surface area contributed by atoms with Crippen LogP contribution >= 0.6 is 35.3 Å². The van der Waals surface area contributed by atoms with Gasteiger partial charge in [-0.3, -0.25) is 19.8 Å². The highest BCUT2D eigenvalue weighted by molar-refractivity contribution is 7.17. The zero-order valence-corrected chi connectivity index (χ0v) is 19.3. The van der Waals surface area contributed by atoms with Crippen LogP contribution in [0.5, 0.6) is 0 Å². The summed E-state index contributed by atoms with van der Waals surface area (Å²) in [7, 11) is 0. The number of anilines is 2. The summed E-state index contributed by atoms with van der Waals surface area (Å²) in [5.41, 5.74) is 7.39. The van der Waals surface area contributed by atoms with Gasteiger partial charge >= 0.3 is 12.0 Å². The molecular weight excluding hydrogens is 463 g/mol. The quantitative estimate of drug-likeness (QED) is 0.513. The fraction of sp³-hybridized carbons (Fsp3) is 0.350. The lowest BCUT2D eigenvalue weighted by Gasteiger charge is -2.26. The number of carbonyl (C=O) groups is 3. The Morgan fingerprint density at radius 3 is 2.58 bits per heavy atom. The second kappa shape index (κ2) is 11.3. The summed E-state index contributed by atoms with van der Waals surface area (Å²) >= 11 is 7.18. The largest absolute Gasteiger partial charge is 0.466 e. The molecule has 0 radical (unpaired) electrons. The predicted octanol–water partition coefficient (Wildman–Crippen LogP) is 3.88. The summed E-state index contributed by atoms with van der Waals surface area (Å²) in [5.74, 6) is -0.803. The topological polar surface area (TPSA) is 114 Å². The number of amides is 3. The molecule has 31 heavy (non-hydrogen) atoms. The Hall–Kier alpha value is -2.33. The van der Waals surface area contributed by atoms with Gasteiger partial charge in [0.05, 0.1) is 18.6 Å². The maximum Gasteiger partial charge on any atom is 0.324 e. The van der Waals surface area contributed by atoms with Gasteiger partial charge < -0.3 is 15.8 Å². The second-order valence-electron chi connectivity index (χ2n) is 6.74. The van der Waals surface area contributed by atoms with E-state index >= 15 is 0 Å². The SMILES string of the molecule is CCOC(=O)CCN1CCc2c(sc(NC(=O)Nc3ccc(Cl)cc3)c2C(N)=O)C1.Cl. The first-order valence-corrected chi connectivity index (χ1v) is 10.7. The van der Waals surface area contributed by atoms with Gasteiger partial charge in [-0.25, -0.2) is 4.79 Å². The van der Waals surface area contributed by atoms with Gasteiger partial charge in [0.2, 0.25) is 0 Å². The first kappa shape index (κ1) is 24.9. The summed E-state index contributed by atoms with van der Waals surface area (Å²) in [6.07, 6.45) is 0.930. The zero-order chi connectivity index (χ0) is 21.7. The summed E-state index contributed by atoms with van der Waals surface area (Å²) in [6, 6.07) is 6.22. The van der Waals surface area contributed by atoms with E-state index in [1.807, 2.05) is 0 Å². The number of fused-ring (bicyclic) bond motifs is 1. The lowest BCUT2D eigenvalue weighted by Crippen LogP contribution is -2.32. The summed E-state index contributed by atoms with van der Waals surface area (Å²) in [6.45, 7) is 3.99. The smallest absolute Gasteiger partial charge is 0.324 e. The van der Waals surface area contributed by atoms with E-state index in [2.05, 4.69) is 15.5 Å².